The molecule has 2 bridgehead atoms. The molecule has 3 saturated heterocycles. The number of nitriles is 1. The fraction of sp³-hybridized carbons (Fsp3) is 0.500. The molecule has 1 N–H and O–H groups in total. The number of pyridine rings is 1. The molecule has 4 unspecified atom stereocenters. The van der Waals surface area contributed by atoms with Crippen LogP contribution in [0.4, 0.5) is 14.6 Å². The van der Waals surface area contributed by atoms with Gasteiger partial charge in [-0.05, 0) is 80.5 Å². The Balaban J connectivity index is 1.14. The quantitative estimate of drug-likeness (QED) is 0.150. The van der Waals surface area contributed by atoms with Gasteiger partial charge < -0.3 is 24.4 Å². The second-order valence-electron chi connectivity index (χ2n) is 15.5. The number of hydrogen-bond acceptors (Lipinski definition) is 10. The number of aromatic hydroxyl groups is 1. The molecular formula is C40H41F2N7O3. The summed E-state index contributed by atoms with van der Waals surface area (Å²) in [5.74, 6) is 3.11. The highest BCUT2D eigenvalue weighted by atomic mass is 19.1. The number of likely N-dealkylation sites (tertiary alicyclic amines) is 1. The van der Waals surface area contributed by atoms with Gasteiger partial charge in [-0.2, -0.15) is 15.2 Å². The average molecular weight is 706 g/mol. The minimum Gasteiger partial charge on any atom is -0.508 e. The van der Waals surface area contributed by atoms with Crippen LogP contribution in [0.25, 0.3) is 32.9 Å². The number of piperazine rings is 1. The summed E-state index contributed by atoms with van der Waals surface area (Å²) in [5.41, 5.74) is -0.137. The van der Waals surface area contributed by atoms with Crippen LogP contribution < -0.4 is 14.4 Å². The van der Waals surface area contributed by atoms with Crippen molar-refractivity contribution in [2.75, 3.05) is 57.9 Å². The predicted octanol–water partition coefficient (Wildman–Crippen LogP) is 5.89. The number of phenolic OH excluding ortho intramolecular Hbond substituents is 1. The van der Waals surface area contributed by atoms with Crippen LogP contribution in [-0.4, -0.2) is 94.9 Å². The van der Waals surface area contributed by atoms with Crippen LogP contribution in [0.5, 0.6) is 17.6 Å². The zero-order valence-electron chi connectivity index (χ0n) is 29.2. The Morgan fingerprint density at radius 3 is 2.50 bits per heavy atom. The SMILES string of the molecule is C#Cc1c(F)ccc2cc(O)cc(-c3nc(OC)c4c(N5CC6CCC(C5)N6CCCC#N)nc(OCC5(CN6CC7CC7C6)CC5)nc4c3F)c12. The first-order chi connectivity index (χ1) is 25.3. The van der Waals surface area contributed by atoms with Gasteiger partial charge in [0.15, 0.2) is 5.82 Å². The van der Waals surface area contributed by atoms with Gasteiger partial charge in [0, 0.05) is 67.6 Å². The van der Waals surface area contributed by atoms with E-state index in [9.17, 15) is 5.11 Å². The maximum absolute atomic E-state index is 17.2. The number of anilines is 1. The number of terminal acetylenes is 1. The minimum atomic E-state index is -0.779. The second kappa shape index (κ2) is 12.7. The molecule has 5 fully saturated rings. The molecule has 0 radical (unpaired) electrons. The Morgan fingerprint density at radius 2 is 1.81 bits per heavy atom. The fourth-order valence-corrected chi connectivity index (χ4v) is 9.19. The number of halogens is 2. The summed E-state index contributed by atoms with van der Waals surface area (Å²) in [4.78, 5) is 21.6. The van der Waals surface area contributed by atoms with E-state index in [0.29, 0.717) is 42.7 Å². The molecule has 3 aliphatic heterocycles. The summed E-state index contributed by atoms with van der Waals surface area (Å²) >= 11 is 0. The van der Waals surface area contributed by atoms with Crippen LogP contribution in [0.3, 0.4) is 0 Å². The molecule has 9 rings (SSSR count). The Labute approximate surface area is 301 Å². The van der Waals surface area contributed by atoms with E-state index in [-0.39, 0.29) is 62.9 Å². The molecule has 2 aromatic carbocycles. The number of nitrogens with zero attached hydrogens (tertiary/aromatic N) is 7. The molecule has 52 heavy (non-hydrogen) atoms. The van der Waals surface area contributed by atoms with Crippen LogP contribution in [0.1, 0.15) is 50.5 Å². The number of phenols is 1. The number of piperidine rings is 1. The molecule has 5 heterocycles. The van der Waals surface area contributed by atoms with Crippen molar-refractivity contribution >= 4 is 27.5 Å². The van der Waals surface area contributed by atoms with Crippen molar-refractivity contribution < 1.29 is 23.4 Å². The maximum atomic E-state index is 17.2. The van der Waals surface area contributed by atoms with Gasteiger partial charge in [0.05, 0.1) is 25.3 Å². The summed E-state index contributed by atoms with van der Waals surface area (Å²) in [5, 5.41) is 20.8. The average Bonchev–Trinajstić information content (AvgIpc) is 4.03. The lowest BCUT2D eigenvalue weighted by Crippen LogP contribution is -2.54. The molecule has 5 aliphatic rings. The van der Waals surface area contributed by atoms with E-state index < -0.39 is 11.6 Å². The number of rotatable bonds is 11. The van der Waals surface area contributed by atoms with Crippen LogP contribution in [-0.2, 0) is 0 Å². The first-order valence-electron chi connectivity index (χ1n) is 18.4. The molecule has 0 spiro atoms. The number of methoxy groups -OCH3 is 1. The van der Waals surface area contributed by atoms with Gasteiger partial charge >= 0.3 is 6.01 Å². The van der Waals surface area contributed by atoms with Crippen LogP contribution >= 0.6 is 0 Å². The fourth-order valence-electron chi connectivity index (χ4n) is 9.19. The van der Waals surface area contributed by atoms with Crippen LogP contribution in [0, 0.1) is 52.6 Å². The summed E-state index contributed by atoms with van der Waals surface area (Å²) in [6, 6.07) is 8.35. The van der Waals surface area contributed by atoms with E-state index in [0.717, 1.165) is 70.1 Å². The highest BCUT2D eigenvalue weighted by molar-refractivity contribution is 6.04. The number of unbranched alkanes of at least 4 members (excludes halogenated alkanes) is 1. The third-order valence-electron chi connectivity index (χ3n) is 12.1. The van der Waals surface area contributed by atoms with Crippen molar-refractivity contribution in [2.45, 2.75) is 57.0 Å². The van der Waals surface area contributed by atoms with E-state index >= 15 is 8.78 Å². The summed E-state index contributed by atoms with van der Waals surface area (Å²) in [6.45, 7) is 5.89. The zero-order chi connectivity index (χ0) is 35.7. The lowest BCUT2D eigenvalue weighted by molar-refractivity contribution is 0.161. The lowest BCUT2D eigenvalue weighted by atomic mass is 9.95. The summed E-state index contributed by atoms with van der Waals surface area (Å²) in [7, 11) is 1.46. The second-order valence-corrected chi connectivity index (χ2v) is 15.5. The third-order valence-corrected chi connectivity index (χ3v) is 12.1. The largest absolute Gasteiger partial charge is 0.508 e. The van der Waals surface area contributed by atoms with Crippen molar-refractivity contribution in [3.63, 3.8) is 0 Å². The Morgan fingerprint density at radius 1 is 1.04 bits per heavy atom. The topological polar surface area (TPSA) is 111 Å². The van der Waals surface area contributed by atoms with E-state index in [2.05, 4.69) is 31.7 Å². The lowest BCUT2D eigenvalue weighted by Gasteiger charge is -2.41. The molecule has 2 saturated carbocycles. The van der Waals surface area contributed by atoms with Gasteiger partial charge in [-0.1, -0.05) is 12.0 Å². The van der Waals surface area contributed by atoms with E-state index in [1.54, 1.807) is 0 Å². The molecule has 0 amide bonds. The van der Waals surface area contributed by atoms with Gasteiger partial charge in [0.2, 0.25) is 5.88 Å². The van der Waals surface area contributed by atoms with Crippen molar-refractivity contribution in [3.05, 3.63) is 41.5 Å². The third kappa shape index (κ3) is 5.73. The summed E-state index contributed by atoms with van der Waals surface area (Å²) in [6.07, 6.45) is 12.6. The van der Waals surface area contributed by atoms with E-state index in [1.165, 1.54) is 37.8 Å². The number of benzene rings is 2. The first kappa shape index (κ1) is 33.1. The maximum Gasteiger partial charge on any atom is 0.319 e. The van der Waals surface area contributed by atoms with Gasteiger partial charge in [0.25, 0.3) is 0 Å². The number of hydrogen-bond donors (Lipinski definition) is 1. The van der Waals surface area contributed by atoms with Gasteiger partial charge in [0.1, 0.15) is 34.0 Å². The predicted molar refractivity (Wildman–Crippen MR) is 192 cm³/mol. The number of aromatic nitrogens is 3. The molecular weight excluding hydrogens is 664 g/mol. The molecule has 10 nitrogen and oxygen atoms in total. The molecule has 2 aromatic heterocycles. The zero-order valence-corrected chi connectivity index (χ0v) is 29.2. The van der Waals surface area contributed by atoms with Crippen LogP contribution in [0.2, 0.25) is 0 Å². The van der Waals surface area contributed by atoms with Crippen molar-refractivity contribution in [1.29, 1.82) is 5.26 Å². The van der Waals surface area contributed by atoms with Gasteiger partial charge in [-0.15, -0.1) is 6.42 Å². The molecule has 4 atom stereocenters. The molecule has 12 heteroatoms. The van der Waals surface area contributed by atoms with Gasteiger partial charge in [-0.3, -0.25) is 4.90 Å². The monoisotopic (exact) mass is 705 g/mol. The Bertz CT molecular complexity index is 2160. The Kier molecular flexibility index (Phi) is 8.09. The standard InChI is InChI=1S/C40H41F2N7O3/c1-3-29-31(41)9-6-23-15-28(50)16-30(32(23)29)35-34(42)36-33(38(44-35)51-2)37(48-19-26-7-8-27(20-48)49(26)13-5-4-12-43)46-39(45-36)52-22-40(10-11-40)21-47-17-24-14-25(24)18-47/h1,6,9,15-16,24-27,50H,4-5,7-8,10-11,13-14,17-22H2,2H3. The van der Waals surface area contributed by atoms with Crippen molar-refractivity contribution in [3.8, 4) is 47.3 Å². The first-order valence-corrected chi connectivity index (χ1v) is 18.4. The van der Waals surface area contributed by atoms with Crippen LogP contribution in [0.15, 0.2) is 24.3 Å². The minimum absolute atomic E-state index is 0.0270. The van der Waals surface area contributed by atoms with E-state index in [4.69, 9.17) is 31.1 Å². The molecule has 2 aliphatic carbocycles. The van der Waals surface area contributed by atoms with Crippen molar-refractivity contribution in [1.82, 2.24) is 24.8 Å². The van der Waals surface area contributed by atoms with Gasteiger partial charge in [-0.25, -0.2) is 13.8 Å². The Hall–Kier alpha value is -4.78. The number of fused-ring (bicyclic) bond motifs is 5. The number of ether oxygens (including phenoxy) is 2. The van der Waals surface area contributed by atoms with Crippen molar-refractivity contribution in [2.24, 2.45) is 17.3 Å². The highest BCUT2D eigenvalue weighted by Gasteiger charge is 2.51. The normalized spacial score (nSPS) is 24.5. The molecule has 268 valence electrons. The van der Waals surface area contributed by atoms with E-state index in [1.807, 2.05) is 0 Å². The molecule has 4 aromatic rings. The summed E-state index contributed by atoms with van der Waals surface area (Å²) < 4.78 is 44.6. The smallest absolute Gasteiger partial charge is 0.319 e. The highest BCUT2D eigenvalue weighted by Crippen LogP contribution is 2.51.